The van der Waals surface area contributed by atoms with Gasteiger partial charge in [-0.2, -0.15) is 0 Å². The van der Waals surface area contributed by atoms with E-state index >= 15 is 0 Å². The Kier molecular flexibility index (Phi) is 5.35. The van der Waals surface area contributed by atoms with E-state index in [9.17, 15) is 4.39 Å². The SMILES string of the molecule is CCCOc1ccc(F)c2c1NC(C)C(c1ccc(OC)cc1OC)=C2. The van der Waals surface area contributed by atoms with E-state index in [0.717, 1.165) is 17.6 Å². The van der Waals surface area contributed by atoms with Crippen LogP contribution in [0, 0.1) is 5.82 Å². The second kappa shape index (κ2) is 7.68. The van der Waals surface area contributed by atoms with Gasteiger partial charge in [0.2, 0.25) is 0 Å². The number of rotatable bonds is 6. The lowest BCUT2D eigenvalue weighted by molar-refractivity contribution is 0.318. The van der Waals surface area contributed by atoms with Gasteiger partial charge < -0.3 is 19.5 Å². The summed E-state index contributed by atoms with van der Waals surface area (Å²) >= 11 is 0. The molecular weight excluding hydrogens is 333 g/mol. The van der Waals surface area contributed by atoms with Crippen LogP contribution in [-0.2, 0) is 0 Å². The molecule has 0 fully saturated rings. The summed E-state index contributed by atoms with van der Waals surface area (Å²) < 4.78 is 31.1. The number of benzene rings is 2. The van der Waals surface area contributed by atoms with Crippen molar-refractivity contribution in [2.75, 3.05) is 26.1 Å². The lowest BCUT2D eigenvalue weighted by Crippen LogP contribution is -2.22. The molecule has 2 aromatic rings. The minimum atomic E-state index is -0.284. The number of hydrogen-bond acceptors (Lipinski definition) is 4. The van der Waals surface area contributed by atoms with E-state index in [2.05, 4.69) is 5.32 Å². The highest BCUT2D eigenvalue weighted by Crippen LogP contribution is 2.42. The fraction of sp³-hybridized carbons (Fsp3) is 0.333. The average molecular weight is 357 g/mol. The van der Waals surface area contributed by atoms with Crippen LogP contribution in [0.2, 0.25) is 0 Å². The van der Waals surface area contributed by atoms with Gasteiger partial charge in [-0.05, 0) is 49.3 Å². The van der Waals surface area contributed by atoms with Gasteiger partial charge in [0, 0.05) is 23.2 Å². The van der Waals surface area contributed by atoms with Crippen molar-refractivity contribution in [1.82, 2.24) is 0 Å². The van der Waals surface area contributed by atoms with E-state index < -0.39 is 0 Å². The fourth-order valence-electron chi connectivity index (χ4n) is 3.12. The third-order valence-corrected chi connectivity index (χ3v) is 4.46. The van der Waals surface area contributed by atoms with Crippen LogP contribution in [0.4, 0.5) is 10.1 Å². The highest BCUT2D eigenvalue weighted by molar-refractivity contribution is 5.95. The van der Waals surface area contributed by atoms with Gasteiger partial charge in [-0.3, -0.25) is 0 Å². The van der Waals surface area contributed by atoms with Gasteiger partial charge in [-0.1, -0.05) is 6.92 Å². The predicted octanol–water partition coefficient (Wildman–Crippen LogP) is 4.99. The Morgan fingerprint density at radius 2 is 1.88 bits per heavy atom. The molecule has 1 aliphatic rings. The molecule has 0 radical (unpaired) electrons. The molecule has 4 nitrogen and oxygen atoms in total. The molecule has 2 aromatic carbocycles. The van der Waals surface area contributed by atoms with Gasteiger partial charge in [0.05, 0.1) is 26.5 Å². The maximum atomic E-state index is 14.5. The quantitative estimate of drug-likeness (QED) is 0.791. The molecule has 1 atom stereocenters. The summed E-state index contributed by atoms with van der Waals surface area (Å²) in [6.07, 6.45) is 2.76. The zero-order chi connectivity index (χ0) is 18.7. The molecule has 0 aliphatic carbocycles. The normalized spacial score (nSPS) is 15.6. The molecule has 138 valence electrons. The zero-order valence-electron chi connectivity index (χ0n) is 15.6. The number of ether oxygens (including phenoxy) is 3. The van der Waals surface area contributed by atoms with Gasteiger partial charge in [0.25, 0.3) is 0 Å². The molecule has 1 N–H and O–H groups in total. The third-order valence-electron chi connectivity index (χ3n) is 4.46. The van der Waals surface area contributed by atoms with Crippen LogP contribution in [0.25, 0.3) is 11.6 Å². The van der Waals surface area contributed by atoms with Crippen LogP contribution >= 0.6 is 0 Å². The van der Waals surface area contributed by atoms with E-state index in [1.54, 1.807) is 20.3 Å². The van der Waals surface area contributed by atoms with Crippen molar-refractivity contribution in [3.63, 3.8) is 0 Å². The Morgan fingerprint density at radius 3 is 2.58 bits per heavy atom. The van der Waals surface area contributed by atoms with Gasteiger partial charge in [0.1, 0.15) is 23.1 Å². The van der Waals surface area contributed by atoms with Crippen molar-refractivity contribution in [3.05, 3.63) is 47.3 Å². The van der Waals surface area contributed by atoms with Crippen molar-refractivity contribution in [3.8, 4) is 17.2 Å². The Morgan fingerprint density at radius 1 is 1.08 bits per heavy atom. The van der Waals surface area contributed by atoms with E-state index in [1.165, 1.54) is 6.07 Å². The number of methoxy groups -OCH3 is 2. The molecule has 0 aromatic heterocycles. The fourth-order valence-corrected chi connectivity index (χ4v) is 3.12. The smallest absolute Gasteiger partial charge is 0.143 e. The number of anilines is 1. The first-order valence-electron chi connectivity index (χ1n) is 8.74. The standard InChI is InChI=1S/C21H24FNO3/c1-5-10-26-19-9-8-18(22)17-12-16(13(2)23-21(17)19)15-7-6-14(24-3)11-20(15)25-4/h6-9,11-13,23H,5,10H2,1-4H3. The molecule has 26 heavy (non-hydrogen) atoms. The molecule has 0 bridgehead atoms. The first kappa shape index (κ1) is 18.1. The molecule has 1 unspecified atom stereocenters. The Balaban J connectivity index is 2.09. The second-order valence-corrected chi connectivity index (χ2v) is 6.21. The van der Waals surface area contributed by atoms with E-state index in [0.29, 0.717) is 35.1 Å². The van der Waals surface area contributed by atoms with Gasteiger partial charge in [0.15, 0.2) is 0 Å². The molecule has 0 spiro atoms. The summed E-state index contributed by atoms with van der Waals surface area (Å²) in [5, 5.41) is 3.39. The summed E-state index contributed by atoms with van der Waals surface area (Å²) in [4.78, 5) is 0. The summed E-state index contributed by atoms with van der Waals surface area (Å²) in [7, 11) is 3.23. The molecule has 1 heterocycles. The maximum absolute atomic E-state index is 14.5. The Hall–Kier alpha value is -2.69. The van der Waals surface area contributed by atoms with Crippen molar-refractivity contribution < 1.29 is 18.6 Å². The Labute approximate surface area is 153 Å². The van der Waals surface area contributed by atoms with Crippen molar-refractivity contribution >= 4 is 17.3 Å². The summed E-state index contributed by atoms with van der Waals surface area (Å²) in [5.41, 5.74) is 3.05. The highest BCUT2D eigenvalue weighted by Gasteiger charge is 2.25. The lowest BCUT2D eigenvalue weighted by atomic mass is 9.91. The molecule has 0 saturated heterocycles. The minimum absolute atomic E-state index is 0.0319. The van der Waals surface area contributed by atoms with Crippen molar-refractivity contribution in [2.45, 2.75) is 26.3 Å². The number of fused-ring (bicyclic) bond motifs is 1. The van der Waals surface area contributed by atoms with Gasteiger partial charge in [-0.15, -0.1) is 0 Å². The van der Waals surface area contributed by atoms with Crippen LogP contribution in [0.1, 0.15) is 31.4 Å². The number of hydrogen-bond donors (Lipinski definition) is 1. The second-order valence-electron chi connectivity index (χ2n) is 6.21. The summed E-state index contributed by atoms with van der Waals surface area (Å²) in [6.45, 7) is 4.67. The summed E-state index contributed by atoms with van der Waals surface area (Å²) in [5.74, 6) is 1.79. The van der Waals surface area contributed by atoms with Crippen LogP contribution in [0.15, 0.2) is 30.3 Å². The monoisotopic (exact) mass is 357 g/mol. The van der Waals surface area contributed by atoms with Crippen molar-refractivity contribution in [1.29, 1.82) is 0 Å². The number of halogens is 1. The minimum Gasteiger partial charge on any atom is -0.497 e. The van der Waals surface area contributed by atoms with Gasteiger partial charge >= 0.3 is 0 Å². The number of nitrogens with one attached hydrogen (secondary N) is 1. The topological polar surface area (TPSA) is 39.7 Å². The first-order chi connectivity index (χ1) is 12.6. The van der Waals surface area contributed by atoms with Crippen LogP contribution in [-0.4, -0.2) is 26.9 Å². The van der Waals surface area contributed by atoms with Crippen LogP contribution in [0.3, 0.4) is 0 Å². The zero-order valence-corrected chi connectivity index (χ0v) is 15.6. The molecular formula is C21H24FNO3. The maximum Gasteiger partial charge on any atom is 0.143 e. The Bertz CT molecular complexity index is 832. The largest absolute Gasteiger partial charge is 0.497 e. The molecule has 0 saturated carbocycles. The molecule has 1 aliphatic heterocycles. The average Bonchev–Trinajstić information content (AvgIpc) is 2.67. The van der Waals surface area contributed by atoms with Crippen LogP contribution in [0.5, 0.6) is 17.2 Å². The predicted molar refractivity (Wildman–Crippen MR) is 103 cm³/mol. The van der Waals surface area contributed by atoms with E-state index in [-0.39, 0.29) is 11.9 Å². The van der Waals surface area contributed by atoms with Gasteiger partial charge in [-0.25, -0.2) is 4.39 Å². The van der Waals surface area contributed by atoms with Crippen molar-refractivity contribution in [2.24, 2.45) is 0 Å². The molecule has 5 heteroatoms. The third kappa shape index (κ3) is 3.34. The molecule has 0 amide bonds. The molecule has 3 rings (SSSR count). The highest BCUT2D eigenvalue weighted by atomic mass is 19.1. The lowest BCUT2D eigenvalue weighted by Gasteiger charge is -2.28. The van der Waals surface area contributed by atoms with E-state index in [4.69, 9.17) is 14.2 Å². The van der Waals surface area contributed by atoms with E-state index in [1.807, 2.05) is 38.1 Å². The first-order valence-corrected chi connectivity index (χ1v) is 8.74. The summed E-state index contributed by atoms with van der Waals surface area (Å²) in [6, 6.07) is 8.72. The van der Waals surface area contributed by atoms with Crippen LogP contribution < -0.4 is 19.5 Å².